The van der Waals surface area contributed by atoms with Gasteiger partial charge in [0.05, 0.1) is 5.60 Å². The number of fused-ring (bicyclic) bond motifs is 1. The molecule has 4 rings (SSSR count). The molecule has 1 saturated carbocycles. The zero-order valence-corrected chi connectivity index (χ0v) is 17.1. The molecule has 2 fully saturated rings. The van der Waals surface area contributed by atoms with Crippen LogP contribution >= 0.6 is 0 Å². The van der Waals surface area contributed by atoms with E-state index < -0.39 is 7.12 Å². The number of pyridine rings is 2. The first-order chi connectivity index (χ1) is 13.2. The third-order valence-electron chi connectivity index (χ3n) is 6.12. The zero-order chi connectivity index (χ0) is 20.1. The molecule has 0 atom stereocenters. The SMILES string of the molecule is CNc1ncc(B2OCC(C)(C)C(C)(C)O2)c2cc(NC(=O)C3CC3)ncc12. The highest BCUT2D eigenvalue weighted by molar-refractivity contribution is 6.64. The summed E-state index contributed by atoms with van der Waals surface area (Å²) in [5.74, 6) is 1.41. The molecule has 2 aliphatic rings. The third kappa shape index (κ3) is 3.35. The minimum absolute atomic E-state index is 0.0318. The van der Waals surface area contributed by atoms with Crippen molar-refractivity contribution in [2.75, 3.05) is 24.3 Å². The van der Waals surface area contributed by atoms with E-state index in [1.54, 1.807) is 12.4 Å². The molecule has 0 unspecified atom stereocenters. The minimum Gasteiger partial charge on any atom is -0.407 e. The molecule has 3 heterocycles. The van der Waals surface area contributed by atoms with Crippen LogP contribution < -0.4 is 16.1 Å². The second kappa shape index (κ2) is 6.70. The van der Waals surface area contributed by atoms with E-state index in [2.05, 4.69) is 48.3 Å². The zero-order valence-electron chi connectivity index (χ0n) is 17.1. The Kier molecular flexibility index (Phi) is 4.58. The molecule has 0 radical (unpaired) electrons. The van der Waals surface area contributed by atoms with Crippen LogP contribution in [-0.4, -0.2) is 42.2 Å². The van der Waals surface area contributed by atoms with E-state index in [-0.39, 0.29) is 22.8 Å². The molecule has 8 heteroatoms. The molecule has 28 heavy (non-hydrogen) atoms. The summed E-state index contributed by atoms with van der Waals surface area (Å²) in [4.78, 5) is 21.1. The second-order valence-corrected chi connectivity index (χ2v) is 8.85. The van der Waals surface area contributed by atoms with Crippen molar-refractivity contribution in [2.45, 2.75) is 46.1 Å². The first kappa shape index (κ1) is 19.1. The Bertz CT molecular complexity index is 927. The molecule has 148 valence electrons. The molecule has 1 saturated heterocycles. The van der Waals surface area contributed by atoms with Gasteiger partial charge in [0, 0.05) is 48.2 Å². The molecule has 1 aliphatic carbocycles. The maximum atomic E-state index is 12.2. The standard InChI is InChI=1S/C20H27BN4O3/c1-19(2)11-27-21(28-20(19,3)4)15-10-24-17(22-5)14-9-23-16(8-13(14)15)25-18(26)12-6-7-12/h8-10,12H,6-7,11H2,1-5H3,(H,22,24)(H,23,25,26). The summed E-state index contributed by atoms with van der Waals surface area (Å²) in [6.07, 6.45) is 5.41. The van der Waals surface area contributed by atoms with Crippen LogP contribution in [0.4, 0.5) is 11.6 Å². The lowest BCUT2D eigenvalue weighted by atomic mass is 9.68. The van der Waals surface area contributed by atoms with Crippen molar-refractivity contribution in [1.82, 2.24) is 9.97 Å². The summed E-state index contributed by atoms with van der Waals surface area (Å²) in [5.41, 5.74) is 0.365. The lowest BCUT2D eigenvalue weighted by molar-refractivity contribution is -0.117. The van der Waals surface area contributed by atoms with Gasteiger partial charge in [-0.1, -0.05) is 13.8 Å². The number of anilines is 2. The highest BCUT2D eigenvalue weighted by atomic mass is 16.6. The Balaban J connectivity index is 1.73. The predicted molar refractivity (Wildman–Crippen MR) is 111 cm³/mol. The van der Waals surface area contributed by atoms with Gasteiger partial charge >= 0.3 is 7.12 Å². The first-order valence-corrected chi connectivity index (χ1v) is 9.78. The number of carbonyl (C=O) groups excluding carboxylic acids is 1. The fraction of sp³-hybridized carbons (Fsp3) is 0.550. The molecule has 0 spiro atoms. The average Bonchev–Trinajstić information content (AvgIpc) is 3.48. The van der Waals surface area contributed by atoms with Crippen molar-refractivity contribution in [3.05, 3.63) is 18.5 Å². The van der Waals surface area contributed by atoms with Crippen molar-refractivity contribution in [3.8, 4) is 0 Å². The van der Waals surface area contributed by atoms with Crippen LogP contribution in [0.1, 0.15) is 40.5 Å². The van der Waals surface area contributed by atoms with Gasteiger partial charge in [0.2, 0.25) is 5.91 Å². The predicted octanol–water partition coefficient (Wildman–Crippen LogP) is 2.57. The van der Waals surface area contributed by atoms with Gasteiger partial charge in [-0.15, -0.1) is 0 Å². The Morgan fingerprint density at radius 3 is 2.57 bits per heavy atom. The molecular formula is C20H27BN4O3. The summed E-state index contributed by atoms with van der Waals surface area (Å²) >= 11 is 0. The number of nitrogens with zero attached hydrogens (tertiary/aromatic N) is 2. The van der Waals surface area contributed by atoms with E-state index in [1.165, 1.54) is 0 Å². The van der Waals surface area contributed by atoms with Crippen molar-refractivity contribution in [2.24, 2.45) is 11.3 Å². The van der Waals surface area contributed by atoms with Crippen molar-refractivity contribution >= 4 is 40.9 Å². The maximum absolute atomic E-state index is 12.2. The molecule has 1 amide bonds. The van der Waals surface area contributed by atoms with E-state index in [4.69, 9.17) is 9.31 Å². The molecule has 1 aliphatic heterocycles. The van der Waals surface area contributed by atoms with E-state index >= 15 is 0 Å². The van der Waals surface area contributed by atoms with Crippen molar-refractivity contribution < 1.29 is 14.1 Å². The van der Waals surface area contributed by atoms with E-state index in [1.807, 2.05) is 13.1 Å². The number of carbonyl (C=O) groups is 1. The quantitative estimate of drug-likeness (QED) is 0.791. The minimum atomic E-state index is -0.529. The normalized spacial score (nSPS) is 20.8. The van der Waals surface area contributed by atoms with Crippen LogP contribution in [0.25, 0.3) is 10.8 Å². The molecule has 0 aromatic carbocycles. The summed E-state index contributed by atoms with van der Waals surface area (Å²) in [7, 11) is 1.29. The Labute approximate surface area is 165 Å². The van der Waals surface area contributed by atoms with Gasteiger partial charge in [0.15, 0.2) is 0 Å². The lowest BCUT2D eigenvalue weighted by Crippen LogP contribution is -2.58. The number of aromatic nitrogens is 2. The number of nitrogens with one attached hydrogen (secondary N) is 2. The van der Waals surface area contributed by atoms with Crippen molar-refractivity contribution in [3.63, 3.8) is 0 Å². The van der Waals surface area contributed by atoms with Crippen molar-refractivity contribution in [1.29, 1.82) is 0 Å². The Morgan fingerprint density at radius 1 is 1.18 bits per heavy atom. The van der Waals surface area contributed by atoms with Crippen LogP contribution in [0.2, 0.25) is 0 Å². The Hall–Kier alpha value is -2.19. The van der Waals surface area contributed by atoms with E-state index in [0.717, 1.165) is 34.9 Å². The summed E-state index contributed by atoms with van der Waals surface area (Å²) in [6.45, 7) is 9.03. The van der Waals surface area contributed by atoms with Gasteiger partial charge in [-0.2, -0.15) is 0 Å². The lowest BCUT2D eigenvalue weighted by Gasteiger charge is -2.47. The summed E-state index contributed by atoms with van der Waals surface area (Å²) in [6, 6.07) is 1.88. The Morgan fingerprint density at radius 2 is 1.93 bits per heavy atom. The molecule has 2 aromatic rings. The van der Waals surface area contributed by atoms with Gasteiger partial charge in [0.25, 0.3) is 0 Å². The van der Waals surface area contributed by atoms with E-state index in [9.17, 15) is 4.79 Å². The highest BCUT2D eigenvalue weighted by Gasteiger charge is 2.47. The highest BCUT2D eigenvalue weighted by Crippen LogP contribution is 2.38. The van der Waals surface area contributed by atoms with Gasteiger partial charge < -0.3 is 19.9 Å². The molecule has 7 nitrogen and oxygen atoms in total. The maximum Gasteiger partial charge on any atom is 0.496 e. The average molecular weight is 382 g/mol. The third-order valence-corrected chi connectivity index (χ3v) is 6.12. The smallest absolute Gasteiger partial charge is 0.407 e. The number of amides is 1. The van der Waals surface area contributed by atoms with Gasteiger partial charge in [0.1, 0.15) is 11.6 Å². The molecule has 0 bridgehead atoms. The first-order valence-electron chi connectivity index (χ1n) is 9.78. The number of rotatable bonds is 4. The van der Waals surface area contributed by atoms with Gasteiger partial charge in [-0.3, -0.25) is 4.79 Å². The summed E-state index contributed by atoms with van der Waals surface area (Å²) < 4.78 is 12.4. The topological polar surface area (TPSA) is 85.4 Å². The fourth-order valence-corrected chi connectivity index (χ4v) is 3.26. The van der Waals surface area contributed by atoms with Gasteiger partial charge in [-0.25, -0.2) is 9.97 Å². The number of hydrogen-bond donors (Lipinski definition) is 2. The van der Waals surface area contributed by atoms with Gasteiger partial charge in [-0.05, 0) is 38.1 Å². The van der Waals surface area contributed by atoms with Crippen LogP contribution in [0.5, 0.6) is 0 Å². The van der Waals surface area contributed by atoms with E-state index in [0.29, 0.717) is 12.4 Å². The second-order valence-electron chi connectivity index (χ2n) is 8.85. The number of hydrogen-bond acceptors (Lipinski definition) is 6. The fourth-order valence-electron chi connectivity index (χ4n) is 3.26. The largest absolute Gasteiger partial charge is 0.496 e. The van der Waals surface area contributed by atoms with Crippen LogP contribution in [0.3, 0.4) is 0 Å². The van der Waals surface area contributed by atoms with Crippen LogP contribution in [0.15, 0.2) is 18.5 Å². The monoisotopic (exact) mass is 382 g/mol. The van der Waals surface area contributed by atoms with Crippen LogP contribution in [0, 0.1) is 11.3 Å². The van der Waals surface area contributed by atoms with Crippen LogP contribution in [-0.2, 0) is 14.1 Å². The molecular weight excluding hydrogens is 355 g/mol. The summed E-state index contributed by atoms with van der Waals surface area (Å²) in [5, 5.41) is 7.78. The molecule has 2 N–H and O–H groups in total. The molecule has 2 aromatic heterocycles.